The average molecular weight is 382 g/mol. The molecule has 0 spiro atoms. The highest BCUT2D eigenvalue weighted by molar-refractivity contribution is 5.70. The highest BCUT2D eigenvalue weighted by Crippen LogP contribution is 2.26. The van der Waals surface area contributed by atoms with Gasteiger partial charge in [-0.1, -0.05) is 31.9 Å². The summed E-state index contributed by atoms with van der Waals surface area (Å²) in [6.45, 7) is 6.29. The number of unbranched alkanes of at least 4 members (excludes halogenated alkanes) is 2. The van der Waals surface area contributed by atoms with E-state index < -0.39 is 0 Å². The largest absolute Gasteiger partial charge is 0.364 e. The Labute approximate surface area is 163 Å². The predicted octanol–water partition coefficient (Wildman–Crippen LogP) is 2.36. The SMILES string of the molecule is CCCCCn1c(=O)c2c([nH]c3[n+]2CCCN3c2cccc(C)c2)n(C)c1=O. The van der Waals surface area contributed by atoms with Crippen LogP contribution in [0.4, 0.5) is 11.6 Å². The monoisotopic (exact) mass is 382 g/mol. The van der Waals surface area contributed by atoms with Crippen molar-refractivity contribution in [2.24, 2.45) is 7.05 Å². The number of anilines is 2. The summed E-state index contributed by atoms with van der Waals surface area (Å²) >= 11 is 0. The van der Waals surface area contributed by atoms with E-state index in [0.29, 0.717) is 17.7 Å². The van der Waals surface area contributed by atoms with Crippen molar-refractivity contribution in [3.05, 3.63) is 50.7 Å². The maximum atomic E-state index is 13.2. The molecule has 4 rings (SSSR count). The number of aromatic nitrogens is 4. The molecule has 2 aromatic heterocycles. The smallest absolute Gasteiger partial charge is 0.267 e. The first-order valence-electron chi connectivity index (χ1n) is 10.1. The number of nitrogens with one attached hydrogen (secondary N) is 1. The first kappa shape index (κ1) is 18.5. The Kier molecular flexibility index (Phi) is 4.83. The zero-order valence-corrected chi connectivity index (χ0v) is 16.9. The first-order chi connectivity index (χ1) is 13.5. The maximum absolute atomic E-state index is 13.2. The van der Waals surface area contributed by atoms with Gasteiger partial charge in [0.05, 0.1) is 13.1 Å². The van der Waals surface area contributed by atoms with E-state index in [1.165, 1.54) is 10.1 Å². The molecule has 3 heterocycles. The summed E-state index contributed by atoms with van der Waals surface area (Å²) in [7, 11) is 1.74. The number of nitrogens with zero attached hydrogens (tertiary/aromatic N) is 4. The van der Waals surface area contributed by atoms with Crippen molar-refractivity contribution in [3.63, 3.8) is 0 Å². The fourth-order valence-corrected chi connectivity index (χ4v) is 4.11. The number of aromatic amines is 1. The number of benzene rings is 1. The van der Waals surface area contributed by atoms with Crippen molar-refractivity contribution in [2.75, 3.05) is 11.4 Å². The van der Waals surface area contributed by atoms with E-state index in [1.807, 2.05) is 10.6 Å². The van der Waals surface area contributed by atoms with Gasteiger partial charge in [0.25, 0.3) is 5.56 Å². The average Bonchev–Trinajstić information content (AvgIpc) is 3.09. The maximum Gasteiger partial charge on any atom is 0.364 e. The summed E-state index contributed by atoms with van der Waals surface area (Å²) in [5.74, 6) is 0.866. The van der Waals surface area contributed by atoms with Gasteiger partial charge in [-0.25, -0.2) is 19.2 Å². The van der Waals surface area contributed by atoms with Crippen molar-refractivity contribution >= 4 is 22.8 Å². The Balaban J connectivity index is 1.90. The van der Waals surface area contributed by atoms with E-state index in [4.69, 9.17) is 0 Å². The molecule has 1 aliphatic heterocycles. The fourth-order valence-electron chi connectivity index (χ4n) is 4.11. The van der Waals surface area contributed by atoms with Gasteiger partial charge in [-0.15, -0.1) is 0 Å². The molecule has 0 radical (unpaired) electrons. The number of H-pyrrole nitrogens is 1. The Morgan fingerprint density at radius 3 is 2.79 bits per heavy atom. The van der Waals surface area contributed by atoms with Crippen molar-refractivity contribution < 1.29 is 4.57 Å². The number of rotatable bonds is 5. The number of imidazole rings is 1. The van der Waals surface area contributed by atoms with E-state index in [1.54, 1.807) is 11.6 Å². The van der Waals surface area contributed by atoms with Crippen LogP contribution in [-0.2, 0) is 20.1 Å². The summed E-state index contributed by atoms with van der Waals surface area (Å²) in [5, 5.41) is 0. The van der Waals surface area contributed by atoms with Crippen LogP contribution in [0.3, 0.4) is 0 Å². The Bertz CT molecular complexity index is 1140. The summed E-state index contributed by atoms with van der Waals surface area (Å²) in [4.78, 5) is 31.6. The third kappa shape index (κ3) is 2.95. The molecule has 0 unspecified atom stereocenters. The molecule has 0 amide bonds. The molecule has 0 atom stereocenters. The van der Waals surface area contributed by atoms with E-state index in [0.717, 1.165) is 50.4 Å². The van der Waals surface area contributed by atoms with Crippen molar-refractivity contribution in [3.8, 4) is 0 Å². The zero-order chi connectivity index (χ0) is 19.8. The molecular weight excluding hydrogens is 354 g/mol. The van der Waals surface area contributed by atoms with E-state index in [-0.39, 0.29) is 11.2 Å². The lowest BCUT2D eigenvalue weighted by Crippen LogP contribution is -2.49. The zero-order valence-electron chi connectivity index (χ0n) is 16.9. The first-order valence-corrected chi connectivity index (χ1v) is 10.1. The lowest BCUT2D eigenvalue weighted by molar-refractivity contribution is -0.663. The van der Waals surface area contributed by atoms with Gasteiger partial charge in [0, 0.05) is 20.0 Å². The van der Waals surface area contributed by atoms with E-state index >= 15 is 0 Å². The van der Waals surface area contributed by atoms with Gasteiger partial charge < -0.3 is 0 Å². The van der Waals surface area contributed by atoms with Crippen LogP contribution < -0.4 is 20.7 Å². The Hall–Kier alpha value is -2.83. The highest BCUT2D eigenvalue weighted by Gasteiger charge is 2.33. The predicted molar refractivity (Wildman–Crippen MR) is 110 cm³/mol. The van der Waals surface area contributed by atoms with Gasteiger partial charge in [-0.2, -0.15) is 0 Å². The van der Waals surface area contributed by atoms with Crippen molar-refractivity contribution in [1.82, 2.24) is 14.1 Å². The van der Waals surface area contributed by atoms with E-state index in [9.17, 15) is 9.59 Å². The van der Waals surface area contributed by atoms with Crippen LogP contribution in [0, 0.1) is 6.92 Å². The Morgan fingerprint density at radius 1 is 1.21 bits per heavy atom. The molecule has 7 nitrogen and oxygen atoms in total. The molecule has 3 aromatic rings. The molecule has 28 heavy (non-hydrogen) atoms. The number of fused-ring (bicyclic) bond motifs is 3. The molecule has 1 aliphatic rings. The highest BCUT2D eigenvalue weighted by atomic mass is 16.2. The molecule has 0 bridgehead atoms. The van der Waals surface area contributed by atoms with Crippen LogP contribution in [0.2, 0.25) is 0 Å². The Morgan fingerprint density at radius 2 is 2.04 bits per heavy atom. The summed E-state index contributed by atoms with van der Waals surface area (Å²) in [6, 6.07) is 8.34. The fraction of sp³-hybridized carbons (Fsp3) is 0.476. The van der Waals surface area contributed by atoms with Crippen LogP contribution in [0.15, 0.2) is 33.9 Å². The van der Waals surface area contributed by atoms with Gasteiger partial charge in [0.2, 0.25) is 11.2 Å². The number of aryl methyl sites for hydroxylation is 3. The quantitative estimate of drug-likeness (QED) is 0.544. The minimum atomic E-state index is -0.255. The molecule has 0 saturated carbocycles. The third-order valence-corrected chi connectivity index (χ3v) is 5.60. The topological polar surface area (TPSA) is 66.9 Å². The number of hydrogen-bond acceptors (Lipinski definition) is 3. The molecular formula is C21H28N5O2+. The molecule has 0 fully saturated rings. The van der Waals surface area contributed by atoms with Crippen LogP contribution in [0.1, 0.15) is 38.2 Å². The minimum Gasteiger partial charge on any atom is -0.267 e. The number of hydrogen-bond donors (Lipinski definition) is 1. The van der Waals surface area contributed by atoms with Crippen LogP contribution >= 0.6 is 0 Å². The van der Waals surface area contributed by atoms with Gasteiger partial charge in [-0.05, 0) is 31.0 Å². The lowest BCUT2D eigenvalue weighted by Gasteiger charge is -2.22. The molecule has 1 N–H and O–H groups in total. The van der Waals surface area contributed by atoms with Crippen LogP contribution in [0.25, 0.3) is 11.2 Å². The third-order valence-electron chi connectivity index (χ3n) is 5.60. The van der Waals surface area contributed by atoms with Gasteiger partial charge in [0.15, 0.2) is 0 Å². The van der Waals surface area contributed by atoms with Gasteiger partial charge in [0.1, 0.15) is 5.69 Å². The molecule has 148 valence electrons. The van der Waals surface area contributed by atoms with Gasteiger partial charge >= 0.3 is 11.6 Å². The summed E-state index contributed by atoms with van der Waals surface area (Å²) in [6.07, 6.45) is 3.84. The molecule has 0 saturated heterocycles. The lowest BCUT2D eigenvalue weighted by atomic mass is 10.2. The van der Waals surface area contributed by atoms with Crippen LogP contribution in [-0.4, -0.2) is 20.7 Å². The van der Waals surface area contributed by atoms with Gasteiger partial charge in [-0.3, -0.25) is 13.9 Å². The van der Waals surface area contributed by atoms with Crippen molar-refractivity contribution in [1.29, 1.82) is 0 Å². The molecule has 7 heteroatoms. The summed E-state index contributed by atoms with van der Waals surface area (Å²) < 4.78 is 5.01. The standard InChI is InChI=1S/C21H27N5O2/c1-4-5-6-11-26-19(27)17-18(23(3)21(26)28)22-20-24(12-8-13-25(17)20)16-10-7-9-15(2)14-16/h7,9-10,14H,4-6,8,11-13H2,1-3H3/p+1. The molecule has 0 aliphatic carbocycles. The normalized spacial score (nSPS) is 13.9. The van der Waals surface area contributed by atoms with Crippen LogP contribution in [0.5, 0.6) is 0 Å². The minimum absolute atomic E-state index is 0.192. The summed E-state index contributed by atoms with van der Waals surface area (Å²) in [5.41, 5.74) is 3.02. The van der Waals surface area contributed by atoms with Crippen molar-refractivity contribution in [2.45, 2.75) is 52.6 Å². The second kappa shape index (κ2) is 7.30. The molecule has 1 aromatic carbocycles. The van der Waals surface area contributed by atoms with E-state index in [2.05, 4.69) is 41.9 Å². The second-order valence-corrected chi connectivity index (χ2v) is 7.65. The second-order valence-electron chi connectivity index (χ2n) is 7.65.